The van der Waals surface area contributed by atoms with E-state index in [-0.39, 0.29) is 11.4 Å². The van der Waals surface area contributed by atoms with Crippen LogP contribution in [0.2, 0.25) is 0 Å². The van der Waals surface area contributed by atoms with Crippen LogP contribution < -0.4 is 5.32 Å². The highest BCUT2D eigenvalue weighted by Gasteiger charge is 2.24. The number of hydrogen-bond acceptors (Lipinski definition) is 3. The van der Waals surface area contributed by atoms with Crippen molar-refractivity contribution < 1.29 is 4.79 Å². The summed E-state index contributed by atoms with van der Waals surface area (Å²) in [6, 6.07) is 0.435. The minimum absolute atomic E-state index is 0.0876. The molecule has 0 spiro atoms. The number of amides is 1. The van der Waals surface area contributed by atoms with Crippen LogP contribution in [0.3, 0.4) is 0 Å². The third-order valence-electron chi connectivity index (χ3n) is 4.03. The summed E-state index contributed by atoms with van der Waals surface area (Å²) < 4.78 is 0. The summed E-state index contributed by atoms with van der Waals surface area (Å²) in [5.41, 5.74) is 0.0876. The van der Waals surface area contributed by atoms with Crippen molar-refractivity contribution in [1.29, 1.82) is 0 Å². The van der Waals surface area contributed by atoms with Crippen molar-refractivity contribution >= 4 is 5.91 Å². The van der Waals surface area contributed by atoms with Crippen LogP contribution >= 0.6 is 0 Å². The fourth-order valence-corrected chi connectivity index (χ4v) is 2.77. The van der Waals surface area contributed by atoms with Gasteiger partial charge in [-0.15, -0.1) is 0 Å². The Bertz CT molecular complexity index is 291. The third kappa shape index (κ3) is 6.23. The van der Waals surface area contributed by atoms with Gasteiger partial charge < -0.3 is 15.1 Å². The van der Waals surface area contributed by atoms with Crippen molar-refractivity contribution in [2.24, 2.45) is 0 Å². The number of carbonyl (C=O) groups is 1. The smallest absolute Gasteiger partial charge is 0.223 e. The predicted octanol–water partition coefficient (Wildman–Crippen LogP) is 2.10. The van der Waals surface area contributed by atoms with Crippen molar-refractivity contribution in [1.82, 2.24) is 15.1 Å². The SMILES string of the molecule is CCCN1CCC(N(C)C(=O)CCNC(C)(C)C)CC1. The highest BCUT2D eigenvalue weighted by atomic mass is 16.2. The molecule has 4 heteroatoms. The molecule has 0 aromatic carbocycles. The molecule has 0 unspecified atom stereocenters. The number of rotatable bonds is 6. The van der Waals surface area contributed by atoms with Crippen molar-refractivity contribution in [2.75, 3.05) is 33.2 Å². The first kappa shape index (κ1) is 17.4. The van der Waals surface area contributed by atoms with Crippen LogP contribution in [-0.2, 0) is 4.79 Å². The standard InChI is InChI=1S/C16H33N3O/c1-6-11-19-12-8-14(9-13-19)18(5)15(20)7-10-17-16(2,3)4/h14,17H,6-13H2,1-5H3. The van der Waals surface area contributed by atoms with Crippen molar-refractivity contribution in [3.63, 3.8) is 0 Å². The Hall–Kier alpha value is -0.610. The Kier molecular flexibility index (Phi) is 6.96. The molecule has 0 saturated carbocycles. The second-order valence-electron chi connectivity index (χ2n) is 7.00. The lowest BCUT2D eigenvalue weighted by Crippen LogP contribution is -2.46. The van der Waals surface area contributed by atoms with E-state index in [1.807, 2.05) is 11.9 Å². The van der Waals surface area contributed by atoms with Gasteiger partial charge in [-0.05, 0) is 46.6 Å². The fraction of sp³-hybridized carbons (Fsp3) is 0.938. The Morgan fingerprint density at radius 2 is 1.90 bits per heavy atom. The zero-order valence-electron chi connectivity index (χ0n) is 14.0. The first-order valence-electron chi connectivity index (χ1n) is 8.06. The normalized spacial score (nSPS) is 18.2. The summed E-state index contributed by atoms with van der Waals surface area (Å²) in [5, 5.41) is 3.38. The highest BCUT2D eigenvalue weighted by molar-refractivity contribution is 5.76. The Labute approximate surface area is 124 Å². The van der Waals surface area contributed by atoms with Crippen LogP contribution in [0.25, 0.3) is 0 Å². The van der Waals surface area contributed by atoms with Gasteiger partial charge in [0.25, 0.3) is 0 Å². The van der Waals surface area contributed by atoms with Crippen LogP contribution in [-0.4, -0.2) is 60.5 Å². The van der Waals surface area contributed by atoms with E-state index in [1.165, 1.54) is 13.0 Å². The average Bonchev–Trinajstić information content (AvgIpc) is 2.37. The monoisotopic (exact) mass is 283 g/mol. The maximum atomic E-state index is 12.2. The van der Waals surface area contributed by atoms with Gasteiger partial charge >= 0.3 is 0 Å². The van der Waals surface area contributed by atoms with Gasteiger partial charge in [0.15, 0.2) is 0 Å². The number of nitrogens with one attached hydrogen (secondary N) is 1. The molecule has 20 heavy (non-hydrogen) atoms. The molecule has 4 nitrogen and oxygen atoms in total. The van der Waals surface area contributed by atoms with Gasteiger partial charge in [0.1, 0.15) is 0 Å². The van der Waals surface area contributed by atoms with Gasteiger partial charge in [0, 0.05) is 44.7 Å². The Balaban J connectivity index is 2.28. The van der Waals surface area contributed by atoms with Gasteiger partial charge in [-0.1, -0.05) is 6.92 Å². The van der Waals surface area contributed by atoms with Crippen LogP contribution in [0.1, 0.15) is 53.4 Å². The first-order valence-corrected chi connectivity index (χ1v) is 8.06. The summed E-state index contributed by atoms with van der Waals surface area (Å²) in [6.07, 6.45) is 4.06. The number of hydrogen-bond donors (Lipinski definition) is 1. The van der Waals surface area contributed by atoms with E-state index in [1.54, 1.807) is 0 Å². The number of carbonyl (C=O) groups excluding carboxylic acids is 1. The highest BCUT2D eigenvalue weighted by Crippen LogP contribution is 2.16. The molecule has 1 rings (SSSR count). The van der Waals surface area contributed by atoms with Gasteiger partial charge in [0.2, 0.25) is 5.91 Å². The predicted molar refractivity (Wildman–Crippen MR) is 84.9 cm³/mol. The molecule has 118 valence electrons. The molecule has 0 aromatic heterocycles. The zero-order valence-corrected chi connectivity index (χ0v) is 14.0. The molecular formula is C16H33N3O. The van der Waals surface area contributed by atoms with E-state index in [4.69, 9.17) is 0 Å². The van der Waals surface area contributed by atoms with Gasteiger partial charge in [0.05, 0.1) is 0 Å². The molecule has 0 aromatic rings. The number of likely N-dealkylation sites (tertiary alicyclic amines) is 1. The number of nitrogens with zero attached hydrogens (tertiary/aromatic N) is 2. The maximum Gasteiger partial charge on any atom is 0.223 e. The fourth-order valence-electron chi connectivity index (χ4n) is 2.77. The summed E-state index contributed by atoms with van der Waals surface area (Å²) in [5.74, 6) is 0.274. The largest absolute Gasteiger partial charge is 0.343 e. The Morgan fingerprint density at radius 1 is 1.30 bits per heavy atom. The van der Waals surface area contributed by atoms with Crippen LogP contribution in [0.5, 0.6) is 0 Å². The topological polar surface area (TPSA) is 35.6 Å². The van der Waals surface area contributed by atoms with Crippen LogP contribution in [0.15, 0.2) is 0 Å². The van der Waals surface area contributed by atoms with Crippen LogP contribution in [0.4, 0.5) is 0 Å². The molecule has 1 aliphatic heterocycles. The summed E-state index contributed by atoms with van der Waals surface area (Å²) in [4.78, 5) is 16.7. The van der Waals surface area contributed by atoms with Crippen molar-refractivity contribution in [3.8, 4) is 0 Å². The third-order valence-corrected chi connectivity index (χ3v) is 4.03. The molecule has 0 aliphatic carbocycles. The van der Waals surface area contributed by atoms with Gasteiger partial charge in [-0.25, -0.2) is 0 Å². The quantitative estimate of drug-likeness (QED) is 0.811. The molecule has 1 N–H and O–H groups in total. The van der Waals surface area contributed by atoms with E-state index in [0.29, 0.717) is 12.5 Å². The average molecular weight is 283 g/mol. The molecule has 1 heterocycles. The van der Waals surface area contributed by atoms with E-state index in [2.05, 4.69) is 37.9 Å². The van der Waals surface area contributed by atoms with Crippen molar-refractivity contribution in [2.45, 2.75) is 65.0 Å². The second kappa shape index (κ2) is 7.99. The lowest BCUT2D eigenvalue weighted by Gasteiger charge is -2.36. The first-order chi connectivity index (χ1) is 9.33. The summed E-state index contributed by atoms with van der Waals surface area (Å²) in [7, 11) is 1.97. The van der Waals surface area contributed by atoms with E-state index in [0.717, 1.165) is 32.5 Å². The molecule has 1 fully saturated rings. The molecular weight excluding hydrogens is 250 g/mol. The second-order valence-corrected chi connectivity index (χ2v) is 7.00. The molecule has 1 amide bonds. The van der Waals surface area contributed by atoms with Crippen LogP contribution in [0, 0.1) is 0 Å². The molecule has 1 saturated heterocycles. The lowest BCUT2D eigenvalue weighted by molar-refractivity contribution is -0.132. The summed E-state index contributed by atoms with van der Waals surface area (Å²) >= 11 is 0. The molecule has 0 atom stereocenters. The molecule has 1 aliphatic rings. The maximum absolute atomic E-state index is 12.2. The Morgan fingerprint density at radius 3 is 2.40 bits per heavy atom. The van der Waals surface area contributed by atoms with E-state index >= 15 is 0 Å². The number of piperidine rings is 1. The van der Waals surface area contributed by atoms with Crippen molar-refractivity contribution in [3.05, 3.63) is 0 Å². The zero-order chi connectivity index (χ0) is 15.2. The summed E-state index contributed by atoms with van der Waals surface area (Å²) in [6.45, 7) is 12.8. The van der Waals surface area contributed by atoms with E-state index in [9.17, 15) is 4.79 Å². The lowest BCUT2D eigenvalue weighted by atomic mass is 10.0. The van der Waals surface area contributed by atoms with Gasteiger partial charge in [-0.3, -0.25) is 4.79 Å². The van der Waals surface area contributed by atoms with Gasteiger partial charge in [-0.2, -0.15) is 0 Å². The minimum Gasteiger partial charge on any atom is -0.343 e. The minimum atomic E-state index is 0.0876. The molecule has 0 radical (unpaired) electrons. The van der Waals surface area contributed by atoms with E-state index < -0.39 is 0 Å². The molecule has 0 bridgehead atoms.